The normalized spacial score (nSPS) is 15.4. The van der Waals surface area contributed by atoms with Crippen molar-refractivity contribution in [2.45, 2.75) is 26.2 Å². The second-order valence-electron chi connectivity index (χ2n) is 8.80. The third-order valence-electron chi connectivity index (χ3n) is 7.03. The monoisotopic (exact) mass is 508 g/mol. The Morgan fingerprint density at radius 1 is 1.06 bits per heavy atom. The molecule has 2 aromatic carbocycles. The van der Waals surface area contributed by atoms with Crippen LogP contribution in [0.2, 0.25) is 10.0 Å². The topological polar surface area (TPSA) is 75.9 Å². The lowest BCUT2D eigenvalue weighted by molar-refractivity contribution is -0.132. The molecule has 1 amide bonds. The summed E-state index contributed by atoms with van der Waals surface area (Å²) in [6, 6.07) is 15.2. The van der Waals surface area contributed by atoms with Gasteiger partial charge in [0, 0.05) is 36.4 Å². The largest absolute Gasteiger partial charge is 0.359 e. The number of piperidine rings is 1. The number of fused-ring (bicyclic) bond motifs is 1. The molecule has 0 aliphatic carbocycles. The van der Waals surface area contributed by atoms with Crippen LogP contribution in [0.15, 0.2) is 54.9 Å². The van der Waals surface area contributed by atoms with Gasteiger partial charge in [-0.25, -0.2) is 15.0 Å². The van der Waals surface area contributed by atoms with E-state index in [-0.39, 0.29) is 11.3 Å². The van der Waals surface area contributed by atoms with E-state index in [2.05, 4.69) is 27.1 Å². The van der Waals surface area contributed by atoms with Crippen LogP contribution in [0.3, 0.4) is 0 Å². The van der Waals surface area contributed by atoms with Gasteiger partial charge in [0.2, 0.25) is 5.91 Å². The minimum atomic E-state index is -0.344. The first-order valence-corrected chi connectivity index (χ1v) is 12.4. The number of halogens is 2. The maximum atomic E-state index is 12.6. The minimum Gasteiger partial charge on any atom is -0.359 e. The molecule has 3 heterocycles. The Labute approximate surface area is 214 Å². The van der Waals surface area contributed by atoms with Crippen molar-refractivity contribution >= 4 is 46.1 Å². The number of benzene rings is 2. The van der Waals surface area contributed by atoms with Gasteiger partial charge in [0.15, 0.2) is 17.0 Å². The van der Waals surface area contributed by atoms with Crippen LogP contribution in [0.25, 0.3) is 28.2 Å². The van der Waals surface area contributed by atoms with E-state index in [1.165, 1.54) is 0 Å². The summed E-state index contributed by atoms with van der Waals surface area (Å²) in [6.45, 7) is 3.50. The fourth-order valence-corrected chi connectivity index (χ4v) is 5.27. The van der Waals surface area contributed by atoms with Gasteiger partial charge in [-0.15, -0.1) is 0 Å². The summed E-state index contributed by atoms with van der Waals surface area (Å²) in [4.78, 5) is 29.1. The summed E-state index contributed by atoms with van der Waals surface area (Å²) >= 11 is 12.8. The third kappa shape index (κ3) is 4.13. The SMILES string of the molecule is CCC1(C(=O)NC)CCN(c2ncnc3c2nc(-c2ccccc2Cl)n3-c2ccc(Cl)cc2)CC1. The average molecular weight is 509 g/mol. The van der Waals surface area contributed by atoms with Crippen LogP contribution >= 0.6 is 23.2 Å². The maximum absolute atomic E-state index is 12.6. The molecule has 4 aromatic rings. The molecular weight excluding hydrogens is 483 g/mol. The lowest BCUT2D eigenvalue weighted by Crippen LogP contribution is -2.48. The van der Waals surface area contributed by atoms with Gasteiger partial charge in [-0.3, -0.25) is 9.36 Å². The van der Waals surface area contributed by atoms with Crippen molar-refractivity contribution in [3.8, 4) is 17.1 Å². The van der Waals surface area contributed by atoms with Crippen molar-refractivity contribution in [2.75, 3.05) is 25.0 Å². The summed E-state index contributed by atoms with van der Waals surface area (Å²) in [6.07, 6.45) is 3.89. The number of aromatic nitrogens is 4. The fourth-order valence-electron chi connectivity index (χ4n) is 4.92. The van der Waals surface area contributed by atoms with E-state index < -0.39 is 0 Å². The lowest BCUT2D eigenvalue weighted by atomic mass is 9.75. The third-order valence-corrected chi connectivity index (χ3v) is 7.61. The smallest absolute Gasteiger partial charge is 0.226 e. The molecule has 0 radical (unpaired) electrons. The van der Waals surface area contributed by atoms with Gasteiger partial charge in [0.1, 0.15) is 12.2 Å². The molecular formula is C26H26Cl2N6O. The average Bonchev–Trinajstić information content (AvgIpc) is 3.28. The van der Waals surface area contributed by atoms with E-state index in [4.69, 9.17) is 28.2 Å². The summed E-state index contributed by atoms with van der Waals surface area (Å²) in [7, 11) is 1.71. The van der Waals surface area contributed by atoms with E-state index in [1.54, 1.807) is 13.4 Å². The molecule has 0 bridgehead atoms. The first-order valence-electron chi connectivity index (χ1n) is 11.7. The van der Waals surface area contributed by atoms with Gasteiger partial charge in [-0.05, 0) is 55.7 Å². The highest BCUT2D eigenvalue weighted by Crippen LogP contribution is 2.39. The Morgan fingerprint density at radius 2 is 1.77 bits per heavy atom. The standard InChI is InChI=1S/C26H26Cl2N6O/c1-3-26(25(35)29-2)12-14-33(15-13-26)23-21-24(31-16-30-23)34(18-10-8-17(27)9-11-18)22(32-21)19-6-4-5-7-20(19)28/h4-11,16H,3,12-15H2,1-2H3,(H,29,35). The molecule has 0 unspecified atom stereocenters. The number of nitrogens with zero attached hydrogens (tertiary/aromatic N) is 5. The summed E-state index contributed by atoms with van der Waals surface area (Å²) in [5.41, 5.74) is 2.71. The highest BCUT2D eigenvalue weighted by molar-refractivity contribution is 6.33. The molecule has 0 spiro atoms. The molecule has 0 atom stereocenters. The quantitative estimate of drug-likeness (QED) is 0.383. The molecule has 1 aliphatic heterocycles. The van der Waals surface area contributed by atoms with Crippen molar-refractivity contribution in [2.24, 2.45) is 5.41 Å². The first-order chi connectivity index (χ1) is 17.0. The molecule has 1 N–H and O–H groups in total. The van der Waals surface area contributed by atoms with Crippen LogP contribution in [-0.2, 0) is 4.79 Å². The number of imidazole rings is 1. The van der Waals surface area contributed by atoms with Gasteiger partial charge in [-0.2, -0.15) is 0 Å². The highest BCUT2D eigenvalue weighted by atomic mass is 35.5. The van der Waals surface area contributed by atoms with E-state index in [0.29, 0.717) is 40.1 Å². The van der Waals surface area contributed by atoms with Crippen LogP contribution in [0.4, 0.5) is 5.82 Å². The Kier molecular flexibility index (Phi) is 6.38. The summed E-state index contributed by atoms with van der Waals surface area (Å²) in [5, 5.41) is 4.10. The Balaban J connectivity index is 1.63. The fraction of sp³-hybridized carbons (Fsp3) is 0.308. The number of carbonyl (C=O) groups excluding carboxylic acids is 1. The van der Waals surface area contributed by atoms with Gasteiger partial charge in [-0.1, -0.05) is 42.3 Å². The Hall–Kier alpha value is -3.16. The van der Waals surface area contributed by atoms with E-state index in [9.17, 15) is 4.79 Å². The summed E-state index contributed by atoms with van der Waals surface area (Å²) in [5.74, 6) is 1.55. The number of hydrogen-bond acceptors (Lipinski definition) is 5. The van der Waals surface area contributed by atoms with E-state index in [1.807, 2.05) is 53.1 Å². The minimum absolute atomic E-state index is 0.112. The molecule has 1 saturated heterocycles. The zero-order valence-electron chi connectivity index (χ0n) is 19.6. The van der Waals surface area contributed by atoms with Crippen molar-refractivity contribution in [1.29, 1.82) is 0 Å². The number of hydrogen-bond donors (Lipinski definition) is 1. The van der Waals surface area contributed by atoms with Crippen LogP contribution in [0.1, 0.15) is 26.2 Å². The second kappa shape index (κ2) is 9.47. The predicted molar refractivity (Wildman–Crippen MR) is 140 cm³/mol. The number of nitrogens with one attached hydrogen (secondary N) is 1. The molecule has 35 heavy (non-hydrogen) atoms. The van der Waals surface area contributed by atoms with Crippen LogP contribution < -0.4 is 10.2 Å². The van der Waals surface area contributed by atoms with Crippen molar-refractivity contribution in [1.82, 2.24) is 24.8 Å². The second-order valence-corrected chi connectivity index (χ2v) is 9.64. The highest BCUT2D eigenvalue weighted by Gasteiger charge is 2.40. The number of anilines is 1. The number of carbonyl (C=O) groups is 1. The molecule has 2 aromatic heterocycles. The van der Waals surface area contributed by atoms with E-state index >= 15 is 0 Å². The van der Waals surface area contributed by atoms with Gasteiger partial charge < -0.3 is 10.2 Å². The van der Waals surface area contributed by atoms with E-state index in [0.717, 1.165) is 36.3 Å². The molecule has 1 fully saturated rings. The van der Waals surface area contributed by atoms with Crippen molar-refractivity contribution < 1.29 is 4.79 Å². The van der Waals surface area contributed by atoms with Gasteiger partial charge in [0.05, 0.1) is 10.4 Å². The zero-order chi connectivity index (χ0) is 24.6. The van der Waals surface area contributed by atoms with Crippen molar-refractivity contribution in [3.05, 3.63) is 64.9 Å². The van der Waals surface area contributed by atoms with Gasteiger partial charge >= 0.3 is 0 Å². The zero-order valence-corrected chi connectivity index (χ0v) is 21.1. The molecule has 1 aliphatic rings. The molecule has 180 valence electrons. The maximum Gasteiger partial charge on any atom is 0.226 e. The molecule has 5 rings (SSSR count). The first kappa shape index (κ1) is 23.6. The lowest BCUT2D eigenvalue weighted by Gasteiger charge is -2.40. The van der Waals surface area contributed by atoms with Crippen LogP contribution in [0, 0.1) is 5.41 Å². The Morgan fingerprint density at radius 3 is 2.43 bits per heavy atom. The van der Waals surface area contributed by atoms with Gasteiger partial charge in [0.25, 0.3) is 0 Å². The predicted octanol–water partition coefficient (Wildman–Crippen LogP) is 5.53. The number of amides is 1. The van der Waals surface area contributed by atoms with Crippen LogP contribution in [0.5, 0.6) is 0 Å². The Bertz CT molecular complexity index is 1380. The number of rotatable bonds is 5. The molecule has 0 saturated carbocycles. The molecule has 7 nitrogen and oxygen atoms in total. The van der Waals surface area contributed by atoms with Crippen molar-refractivity contribution in [3.63, 3.8) is 0 Å². The summed E-state index contributed by atoms with van der Waals surface area (Å²) < 4.78 is 1.99. The molecule has 9 heteroatoms. The van der Waals surface area contributed by atoms with Crippen LogP contribution in [-0.4, -0.2) is 45.6 Å².